The molecule has 0 unspecified atom stereocenters. The van der Waals surface area contributed by atoms with Gasteiger partial charge in [-0.2, -0.15) is 0 Å². The number of amides is 1. The number of ketones is 1. The Balaban J connectivity index is 1.41. The molecule has 1 fully saturated rings. The second kappa shape index (κ2) is 8.71. The molecule has 0 radical (unpaired) electrons. The highest BCUT2D eigenvalue weighted by Gasteiger charge is 2.30. The van der Waals surface area contributed by atoms with Gasteiger partial charge in [-0.25, -0.2) is 4.39 Å². The Morgan fingerprint density at radius 1 is 0.848 bits per heavy atom. The van der Waals surface area contributed by atoms with Crippen LogP contribution in [0.5, 0.6) is 0 Å². The third kappa shape index (κ3) is 4.10. The molecule has 4 aromatic rings. The molecular formula is C26H21ClFN3O2. The van der Waals surface area contributed by atoms with Crippen molar-refractivity contribution in [3.8, 4) is 11.1 Å². The van der Waals surface area contributed by atoms with E-state index in [0.717, 1.165) is 11.2 Å². The van der Waals surface area contributed by atoms with Gasteiger partial charge in [-0.3, -0.25) is 9.59 Å². The number of hydrogen-bond acceptors (Lipinski definition) is 3. The number of piperazine rings is 1. The van der Waals surface area contributed by atoms with Crippen LogP contribution in [0.15, 0.2) is 79.0 Å². The minimum atomic E-state index is -0.572. The standard InChI is InChI=1S/C26H21ClFN3O2/c27-19-4-3-6-21(16-19)29-12-14-30(15-13-29)26(33)25(32)24-23(18-7-9-20(28)10-8-18)17-22-5-1-2-11-31(22)24/h1-11,16-17H,12-15H2. The molecule has 0 atom stereocenters. The number of pyridine rings is 1. The lowest BCUT2D eigenvalue weighted by atomic mass is 10.0. The van der Waals surface area contributed by atoms with Crippen LogP contribution in [0.3, 0.4) is 0 Å². The highest BCUT2D eigenvalue weighted by Crippen LogP contribution is 2.29. The van der Waals surface area contributed by atoms with Gasteiger partial charge in [0.25, 0.3) is 11.7 Å². The molecule has 0 spiro atoms. The molecule has 1 amide bonds. The van der Waals surface area contributed by atoms with Crippen molar-refractivity contribution >= 4 is 34.5 Å². The van der Waals surface area contributed by atoms with Crippen LogP contribution in [0.4, 0.5) is 10.1 Å². The Morgan fingerprint density at radius 2 is 1.61 bits per heavy atom. The Labute approximate surface area is 195 Å². The topological polar surface area (TPSA) is 45.0 Å². The molecule has 1 saturated heterocycles. The Morgan fingerprint density at radius 3 is 2.33 bits per heavy atom. The van der Waals surface area contributed by atoms with Crippen LogP contribution in [0, 0.1) is 5.82 Å². The Hall–Kier alpha value is -3.64. The third-order valence-electron chi connectivity index (χ3n) is 5.98. The summed E-state index contributed by atoms with van der Waals surface area (Å²) in [5.41, 5.74) is 3.37. The normalized spacial score (nSPS) is 14.0. The molecule has 0 aliphatic carbocycles. The van der Waals surface area contributed by atoms with Gasteiger partial charge in [0.05, 0.1) is 0 Å². The predicted molar refractivity (Wildman–Crippen MR) is 127 cm³/mol. The first-order valence-electron chi connectivity index (χ1n) is 10.7. The second-order valence-electron chi connectivity index (χ2n) is 8.00. The fourth-order valence-electron chi connectivity index (χ4n) is 4.29. The number of benzene rings is 2. The molecule has 33 heavy (non-hydrogen) atoms. The molecule has 2 aromatic carbocycles. The van der Waals surface area contributed by atoms with Gasteiger partial charge < -0.3 is 14.2 Å². The lowest BCUT2D eigenvalue weighted by Crippen LogP contribution is -2.50. The van der Waals surface area contributed by atoms with E-state index in [0.29, 0.717) is 48.0 Å². The molecule has 7 heteroatoms. The summed E-state index contributed by atoms with van der Waals surface area (Å²) < 4.78 is 15.2. The van der Waals surface area contributed by atoms with E-state index in [-0.39, 0.29) is 5.82 Å². The summed E-state index contributed by atoms with van der Waals surface area (Å²) in [5, 5.41) is 0.662. The van der Waals surface area contributed by atoms with E-state index in [1.165, 1.54) is 12.1 Å². The number of rotatable bonds is 4. The first-order valence-corrected chi connectivity index (χ1v) is 11.1. The van der Waals surface area contributed by atoms with Crippen molar-refractivity contribution in [2.75, 3.05) is 31.1 Å². The van der Waals surface area contributed by atoms with Gasteiger partial charge >= 0.3 is 0 Å². The van der Waals surface area contributed by atoms with Crippen LogP contribution in [0.25, 0.3) is 16.6 Å². The molecule has 3 heterocycles. The minimum Gasteiger partial charge on any atom is -0.368 e. The lowest BCUT2D eigenvalue weighted by Gasteiger charge is -2.35. The first-order chi connectivity index (χ1) is 16.0. The average Bonchev–Trinajstić information content (AvgIpc) is 3.23. The quantitative estimate of drug-likeness (QED) is 0.320. The van der Waals surface area contributed by atoms with E-state index in [2.05, 4.69) is 4.90 Å². The largest absolute Gasteiger partial charge is 0.368 e. The van der Waals surface area contributed by atoms with E-state index in [1.54, 1.807) is 27.6 Å². The smallest absolute Gasteiger partial charge is 0.296 e. The SMILES string of the molecule is O=C(C(=O)N1CCN(c2cccc(Cl)c2)CC1)c1c(-c2ccc(F)cc2)cc2ccccn12. The van der Waals surface area contributed by atoms with Crippen LogP contribution in [0.2, 0.25) is 5.02 Å². The number of carbonyl (C=O) groups is 2. The molecule has 1 aliphatic rings. The average molecular weight is 462 g/mol. The van der Waals surface area contributed by atoms with Crippen molar-refractivity contribution in [1.29, 1.82) is 0 Å². The maximum atomic E-state index is 13.5. The molecule has 5 nitrogen and oxygen atoms in total. The zero-order valence-electron chi connectivity index (χ0n) is 17.7. The van der Waals surface area contributed by atoms with Gasteiger partial charge in [0, 0.05) is 54.2 Å². The summed E-state index contributed by atoms with van der Waals surface area (Å²) in [6, 6.07) is 20.9. The number of halogens is 2. The molecular weight excluding hydrogens is 441 g/mol. The van der Waals surface area contributed by atoms with E-state index in [9.17, 15) is 14.0 Å². The van der Waals surface area contributed by atoms with Crippen LogP contribution in [0.1, 0.15) is 10.5 Å². The minimum absolute atomic E-state index is 0.291. The molecule has 1 aliphatic heterocycles. The maximum Gasteiger partial charge on any atom is 0.296 e. The monoisotopic (exact) mass is 461 g/mol. The van der Waals surface area contributed by atoms with E-state index >= 15 is 0 Å². The van der Waals surface area contributed by atoms with Gasteiger partial charge in [0.15, 0.2) is 0 Å². The lowest BCUT2D eigenvalue weighted by molar-refractivity contribution is -0.126. The second-order valence-corrected chi connectivity index (χ2v) is 8.43. The van der Waals surface area contributed by atoms with Crippen LogP contribution in [-0.4, -0.2) is 47.2 Å². The van der Waals surface area contributed by atoms with E-state index < -0.39 is 11.7 Å². The van der Waals surface area contributed by atoms with Crippen LogP contribution >= 0.6 is 11.6 Å². The zero-order chi connectivity index (χ0) is 22.9. The number of anilines is 1. The summed E-state index contributed by atoms with van der Waals surface area (Å²) in [6.45, 7) is 2.09. The van der Waals surface area contributed by atoms with Crippen LogP contribution < -0.4 is 4.90 Å². The Bertz CT molecular complexity index is 1340. The summed E-state index contributed by atoms with van der Waals surface area (Å²) in [5.74, 6) is -1.46. The highest BCUT2D eigenvalue weighted by molar-refractivity contribution is 6.43. The number of carbonyl (C=O) groups excluding carboxylic acids is 2. The number of aromatic nitrogens is 1. The van der Waals surface area contributed by atoms with E-state index in [1.807, 2.05) is 48.5 Å². The number of Topliss-reactive ketones (excluding diaryl/α,β-unsaturated/α-hetero) is 1. The van der Waals surface area contributed by atoms with E-state index in [4.69, 9.17) is 11.6 Å². The molecule has 5 rings (SSSR count). The van der Waals surface area contributed by atoms with Gasteiger partial charge in [-0.1, -0.05) is 35.9 Å². The Kier molecular flexibility index (Phi) is 5.60. The van der Waals surface area contributed by atoms with Gasteiger partial charge in [-0.15, -0.1) is 0 Å². The third-order valence-corrected chi connectivity index (χ3v) is 6.22. The molecule has 0 N–H and O–H groups in total. The fourth-order valence-corrected chi connectivity index (χ4v) is 4.47. The summed E-state index contributed by atoms with van der Waals surface area (Å²) in [4.78, 5) is 30.4. The predicted octanol–water partition coefficient (Wildman–Crippen LogP) is 4.93. The zero-order valence-corrected chi connectivity index (χ0v) is 18.5. The highest BCUT2D eigenvalue weighted by atomic mass is 35.5. The summed E-state index contributed by atoms with van der Waals surface area (Å²) >= 11 is 6.10. The number of nitrogens with zero attached hydrogens (tertiary/aromatic N) is 3. The fraction of sp³-hybridized carbons (Fsp3) is 0.154. The van der Waals surface area contributed by atoms with Gasteiger partial charge in [-0.05, 0) is 54.1 Å². The number of hydrogen-bond donors (Lipinski definition) is 0. The first kappa shape index (κ1) is 21.2. The van der Waals surface area contributed by atoms with Crippen molar-refractivity contribution < 1.29 is 14.0 Å². The van der Waals surface area contributed by atoms with Crippen molar-refractivity contribution in [2.24, 2.45) is 0 Å². The molecule has 2 aromatic heterocycles. The molecule has 166 valence electrons. The van der Waals surface area contributed by atoms with Gasteiger partial charge in [0.2, 0.25) is 0 Å². The van der Waals surface area contributed by atoms with Crippen molar-refractivity contribution in [2.45, 2.75) is 0 Å². The van der Waals surface area contributed by atoms with Gasteiger partial charge in [0.1, 0.15) is 11.5 Å². The molecule has 0 saturated carbocycles. The molecule has 0 bridgehead atoms. The summed E-state index contributed by atoms with van der Waals surface area (Å²) in [6.07, 6.45) is 1.76. The van der Waals surface area contributed by atoms with Crippen molar-refractivity contribution in [1.82, 2.24) is 9.30 Å². The van der Waals surface area contributed by atoms with Crippen LogP contribution in [-0.2, 0) is 4.79 Å². The summed E-state index contributed by atoms with van der Waals surface area (Å²) in [7, 11) is 0. The maximum absolute atomic E-state index is 13.5. The van der Waals surface area contributed by atoms with Crippen molar-refractivity contribution in [3.05, 3.63) is 95.5 Å². The van der Waals surface area contributed by atoms with Crippen molar-refractivity contribution in [3.63, 3.8) is 0 Å². The number of fused-ring (bicyclic) bond motifs is 1.